The Kier molecular flexibility index (Phi) is 11.0. The summed E-state index contributed by atoms with van der Waals surface area (Å²) in [4.78, 5) is 13.0. The van der Waals surface area contributed by atoms with E-state index in [0.29, 0.717) is 31.7 Å². The van der Waals surface area contributed by atoms with E-state index in [0.717, 1.165) is 0 Å². The van der Waals surface area contributed by atoms with E-state index in [-0.39, 0.29) is 37.6 Å². The number of carbonyl (C=O) groups is 1. The van der Waals surface area contributed by atoms with Crippen LogP contribution in [0, 0.1) is 5.92 Å². The lowest BCUT2D eigenvalue weighted by Gasteiger charge is -2.49. The molecule has 15 N–H and O–H groups in total. The van der Waals surface area contributed by atoms with Gasteiger partial charge in [-0.05, 0) is 46.2 Å². The van der Waals surface area contributed by atoms with Gasteiger partial charge in [0, 0.05) is 31.1 Å². The Morgan fingerprint density at radius 1 is 1.04 bits per heavy atom. The molecule has 0 spiro atoms. The number of aliphatic hydroxyl groups is 5. The first-order chi connectivity index (χ1) is 21.6. The van der Waals surface area contributed by atoms with Crippen LogP contribution in [0.4, 0.5) is 0 Å². The van der Waals surface area contributed by atoms with Gasteiger partial charge in [-0.15, -0.1) is 0 Å². The molecule has 17 nitrogen and oxygen atoms in total. The SMILES string of the molecule is CN[C@@H]1[C@@H](O)[C@@H](O[C@@H]2[C@@H](O)[C@H](O[C@H]3OC(CNC4C(N)CC4(C)O)=CC[C@H]3N)[C@@H](N)C[C@H]2NC(=O)C(O)C2CNC2)OC[C@]1(C)O. The molecule has 5 aliphatic rings. The fraction of sp³-hybridized carbons (Fsp3) is 0.897. The summed E-state index contributed by atoms with van der Waals surface area (Å²) >= 11 is 0. The maximum absolute atomic E-state index is 13.0. The molecular formula is C29H53N7O10. The summed E-state index contributed by atoms with van der Waals surface area (Å²) in [5.74, 6) is -0.371. The van der Waals surface area contributed by atoms with Crippen LogP contribution in [-0.4, -0.2) is 155 Å². The summed E-state index contributed by atoms with van der Waals surface area (Å²) in [5.41, 5.74) is 16.6. The average molecular weight is 660 g/mol. The minimum atomic E-state index is -1.46. The van der Waals surface area contributed by atoms with E-state index < -0.39 is 84.4 Å². The number of nitrogens with one attached hydrogen (secondary N) is 4. The minimum Gasteiger partial charge on any atom is -0.467 e. The summed E-state index contributed by atoms with van der Waals surface area (Å²) in [5, 5.41) is 66.3. The molecule has 2 saturated carbocycles. The molecule has 264 valence electrons. The topological polar surface area (TPSA) is 281 Å². The molecule has 4 fully saturated rings. The largest absolute Gasteiger partial charge is 0.467 e. The minimum absolute atomic E-state index is 0.0740. The first-order valence-corrected chi connectivity index (χ1v) is 16.1. The quantitative estimate of drug-likeness (QED) is 0.0985. The van der Waals surface area contributed by atoms with Gasteiger partial charge in [0.25, 0.3) is 0 Å². The summed E-state index contributed by atoms with van der Waals surface area (Å²) < 4.78 is 24.1. The Morgan fingerprint density at radius 3 is 2.35 bits per heavy atom. The van der Waals surface area contributed by atoms with Crippen LogP contribution >= 0.6 is 0 Å². The normalized spacial score (nSPS) is 47.2. The highest BCUT2D eigenvalue weighted by molar-refractivity contribution is 5.81. The highest BCUT2D eigenvalue weighted by atomic mass is 16.7. The third-order valence-corrected chi connectivity index (χ3v) is 10.1. The lowest BCUT2D eigenvalue weighted by atomic mass is 9.72. The molecular weight excluding hydrogens is 606 g/mol. The zero-order valence-corrected chi connectivity index (χ0v) is 26.6. The number of carbonyl (C=O) groups excluding carboxylic acids is 1. The van der Waals surface area contributed by atoms with Gasteiger partial charge in [0.1, 0.15) is 41.9 Å². The molecule has 0 aromatic rings. The molecule has 0 aromatic carbocycles. The van der Waals surface area contributed by atoms with E-state index >= 15 is 0 Å². The predicted molar refractivity (Wildman–Crippen MR) is 162 cm³/mol. The van der Waals surface area contributed by atoms with E-state index in [1.165, 1.54) is 6.92 Å². The van der Waals surface area contributed by atoms with E-state index in [1.807, 2.05) is 6.08 Å². The van der Waals surface area contributed by atoms with Crippen molar-refractivity contribution in [2.45, 2.75) is 124 Å². The second kappa shape index (κ2) is 14.1. The molecule has 0 bridgehead atoms. The van der Waals surface area contributed by atoms with Crippen molar-refractivity contribution in [1.29, 1.82) is 0 Å². The Balaban J connectivity index is 1.28. The van der Waals surface area contributed by atoms with Crippen molar-refractivity contribution in [3.8, 4) is 0 Å². The van der Waals surface area contributed by atoms with Crippen LogP contribution in [0.25, 0.3) is 0 Å². The summed E-state index contributed by atoms with van der Waals surface area (Å²) in [6.45, 7) is 4.31. The van der Waals surface area contributed by atoms with Crippen molar-refractivity contribution < 1.29 is 49.3 Å². The van der Waals surface area contributed by atoms with Crippen LogP contribution in [0.1, 0.15) is 33.1 Å². The highest BCUT2D eigenvalue weighted by Gasteiger charge is 2.52. The summed E-state index contributed by atoms with van der Waals surface area (Å²) in [7, 11) is 1.58. The molecule has 4 unspecified atom stereocenters. The van der Waals surface area contributed by atoms with Crippen molar-refractivity contribution in [2.75, 3.05) is 33.3 Å². The van der Waals surface area contributed by atoms with Gasteiger partial charge in [-0.1, -0.05) is 0 Å². The number of hydrogen-bond acceptors (Lipinski definition) is 16. The highest BCUT2D eigenvalue weighted by Crippen LogP contribution is 2.33. The van der Waals surface area contributed by atoms with Crippen LogP contribution < -0.4 is 38.5 Å². The Bertz CT molecular complexity index is 1100. The van der Waals surface area contributed by atoms with Crippen molar-refractivity contribution >= 4 is 5.91 Å². The predicted octanol–water partition coefficient (Wildman–Crippen LogP) is -5.63. The lowest BCUT2D eigenvalue weighted by Crippen LogP contribution is -2.70. The third-order valence-electron chi connectivity index (χ3n) is 10.1. The number of rotatable bonds is 11. The number of amides is 1. The summed E-state index contributed by atoms with van der Waals surface area (Å²) in [6.07, 6.45) is -5.88. The average Bonchev–Trinajstić information content (AvgIpc) is 2.94. The molecule has 3 aliphatic heterocycles. The van der Waals surface area contributed by atoms with E-state index in [4.69, 9.17) is 36.1 Å². The van der Waals surface area contributed by atoms with E-state index in [2.05, 4.69) is 21.3 Å². The number of hydrogen-bond donors (Lipinski definition) is 12. The lowest BCUT2D eigenvalue weighted by molar-refractivity contribution is -0.304. The molecule has 0 aromatic heterocycles. The number of likely N-dealkylation sites (N-methyl/N-ethyl adjacent to an activating group) is 1. The van der Waals surface area contributed by atoms with E-state index in [9.17, 15) is 30.3 Å². The van der Waals surface area contributed by atoms with Crippen molar-refractivity contribution in [3.63, 3.8) is 0 Å². The van der Waals surface area contributed by atoms with Crippen LogP contribution in [0.15, 0.2) is 11.8 Å². The van der Waals surface area contributed by atoms with Gasteiger partial charge in [0.15, 0.2) is 6.29 Å². The molecule has 2 aliphatic carbocycles. The Hall–Kier alpha value is -1.55. The second-order valence-electron chi connectivity index (χ2n) is 14.0. The van der Waals surface area contributed by atoms with Gasteiger partial charge < -0.3 is 82.9 Å². The van der Waals surface area contributed by atoms with Gasteiger partial charge in [0.05, 0.1) is 42.9 Å². The zero-order valence-electron chi connectivity index (χ0n) is 26.6. The molecule has 2 saturated heterocycles. The first-order valence-electron chi connectivity index (χ1n) is 16.1. The summed E-state index contributed by atoms with van der Waals surface area (Å²) in [6, 6.07) is -3.64. The fourth-order valence-electron chi connectivity index (χ4n) is 7.14. The molecule has 17 heteroatoms. The molecule has 1 amide bonds. The van der Waals surface area contributed by atoms with Gasteiger partial charge >= 0.3 is 0 Å². The standard InChI is InChI=1S/C29H53N7O10/c1-28(41)7-16(32)23(28)35-10-13-4-5-14(30)26(44-13)45-21-15(31)6-17(36-25(40)18(37)12-8-34-9-12)22(19(21)38)46-27-20(39)24(33-3)29(2,42)11-43-27/h4,12,14-24,26-27,33-35,37-39,41-42H,5-11,30-32H2,1-3H3,(H,36,40)/t14-,15+,16?,17-,18?,19+,20-,21-,22+,23?,24-,26-,27-,28?,29+/m1/s1. The van der Waals surface area contributed by atoms with Crippen LogP contribution in [0.2, 0.25) is 0 Å². The molecule has 3 heterocycles. The third kappa shape index (κ3) is 7.37. The van der Waals surface area contributed by atoms with Crippen LogP contribution in [0.3, 0.4) is 0 Å². The molecule has 46 heavy (non-hydrogen) atoms. The Morgan fingerprint density at radius 2 is 1.74 bits per heavy atom. The second-order valence-corrected chi connectivity index (χ2v) is 14.0. The van der Waals surface area contributed by atoms with Gasteiger partial charge in [-0.2, -0.15) is 0 Å². The maximum atomic E-state index is 13.0. The molecule has 15 atom stereocenters. The fourth-order valence-corrected chi connectivity index (χ4v) is 7.14. The van der Waals surface area contributed by atoms with Gasteiger partial charge in [0.2, 0.25) is 12.2 Å². The van der Waals surface area contributed by atoms with Gasteiger partial charge in [-0.3, -0.25) is 4.79 Å². The zero-order chi connectivity index (χ0) is 33.6. The van der Waals surface area contributed by atoms with Crippen LogP contribution in [-0.2, 0) is 23.7 Å². The molecule has 5 rings (SSSR count). The van der Waals surface area contributed by atoms with E-state index in [1.54, 1.807) is 14.0 Å². The Labute approximate surface area is 268 Å². The maximum Gasteiger partial charge on any atom is 0.249 e. The number of ether oxygens (including phenoxy) is 4. The number of nitrogens with two attached hydrogens (primary N) is 3. The monoisotopic (exact) mass is 659 g/mol. The van der Waals surface area contributed by atoms with Gasteiger partial charge in [-0.25, -0.2) is 0 Å². The molecule has 0 radical (unpaired) electrons. The number of aliphatic hydroxyl groups excluding tert-OH is 3. The first kappa shape index (κ1) is 35.7. The van der Waals surface area contributed by atoms with Crippen LogP contribution in [0.5, 0.6) is 0 Å². The smallest absolute Gasteiger partial charge is 0.249 e. The van der Waals surface area contributed by atoms with Crippen molar-refractivity contribution in [3.05, 3.63) is 11.8 Å². The van der Waals surface area contributed by atoms with Crippen molar-refractivity contribution in [1.82, 2.24) is 21.3 Å². The van der Waals surface area contributed by atoms with Crippen molar-refractivity contribution in [2.24, 2.45) is 23.1 Å².